The highest BCUT2D eigenvalue weighted by molar-refractivity contribution is 7.54. The summed E-state index contributed by atoms with van der Waals surface area (Å²) in [5.41, 5.74) is -6.24. The molecule has 3 aliphatic heterocycles. The van der Waals surface area contributed by atoms with E-state index in [1.54, 1.807) is 9.80 Å². The molecule has 4 fully saturated rings. The summed E-state index contributed by atoms with van der Waals surface area (Å²) in [5, 5.41) is 3.11. The van der Waals surface area contributed by atoms with Crippen molar-refractivity contribution in [3.8, 4) is 0 Å². The van der Waals surface area contributed by atoms with Gasteiger partial charge >= 0.3 is 25.2 Å². The molecule has 1 saturated carbocycles. The standard InChI is InChI=1S/C45H53F2N4O10PS/c1-43(2,3)41(55)58-24-60-62(57,61-25-59-42(56)44(4,5)6)45(46,47)30-13-16-36-29(18-30)21-37(63-36)38(52)49-33-20-28-17-27(28)19-31-14-15-35(51(31)39(33)53)40(54)50-22-32(34(23-50)48-7)26-11-9-8-10-12-26/h8-13,16,18,21,27-28,31-35H,14-15,17,19-20,22-25H2,1-6H3,(H,49,52)/t27-,28+,31-,32-,33+,34+,35+/m1/s1. The molecule has 1 aliphatic carbocycles. The highest BCUT2D eigenvalue weighted by Gasteiger charge is 2.57. The number of alkyl halides is 2. The number of likely N-dealkylation sites (tertiary alicyclic amines) is 1. The lowest BCUT2D eigenvalue weighted by molar-refractivity contribution is -0.163. The van der Waals surface area contributed by atoms with Gasteiger partial charge in [0.2, 0.25) is 31.4 Å². The molecule has 7 rings (SSSR count). The van der Waals surface area contributed by atoms with Gasteiger partial charge in [0.15, 0.2) is 0 Å². The third-order valence-corrected chi connectivity index (χ3v) is 15.3. The van der Waals surface area contributed by atoms with Gasteiger partial charge in [0.05, 0.1) is 28.2 Å². The third kappa shape index (κ3) is 9.70. The Kier molecular flexibility index (Phi) is 13.0. The molecule has 4 aliphatic rings. The molecule has 3 saturated heterocycles. The van der Waals surface area contributed by atoms with E-state index in [1.807, 2.05) is 30.3 Å². The van der Waals surface area contributed by atoms with Gasteiger partial charge in [-0.2, -0.15) is 8.78 Å². The predicted molar refractivity (Wildman–Crippen MR) is 228 cm³/mol. The van der Waals surface area contributed by atoms with E-state index >= 15 is 8.78 Å². The van der Waals surface area contributed by atoms with Crippen molar-refractivity contribution in [2.24, 2.45) is 22.7 Å². The molecular weight excluding hydrogens is 858 g/mol. The largest absolute Gasteiger partial charge is 0.438 e. The topological polar surface area (TPSA) is 162 Å². The van der Waals surface area contributed by atoms with Gasteiger partial charge in [-0.05, 0) is 115 Å². The minimum Gasteiger partial charge on any atom is -0.438 e. The zero-order chi connectivity index (χ0) is 45.6. The Bertz CT molecular complexity index is 2320. The minimum atomic E-state index is -5.59. The van der Waals surface area contributed by atoms with Crippen LogP contribution in [0.1, 0.15) is 100 Å². The Labute approximate surface area is 369 Å². The lowest BCUT2D eigenvalue weighted by atomic mass is 9.95. The first-order chi connectivity index (χ1) is 29.6. The number of halogens is 2. The van der Waals surface area contributed by atoms with Gasteiger partial charge in [0, 0.05) is 22.8 Å². The fraction of sp³-hybridized carbons (Fsp3) is 0.556. The Morgan fingerprint density at radius 2 is 1.51 bits per heavy atom. The van der Waals surface area contributed by atoms with Crippen LogP contribution in [0.2, 0.25) is 0 Å². The van der Waals surface area contributed by atoms with E-state index in [2.05, 4.69) is 10.2 Å². The lowest BCUT2D eigenvalue weighted by Gasteiger charge is -2.36. The monoisotopic (exact) mass is 910 g/mol. The fourth-order valence-electron chi connectivity index (χ4n) is 8.63. The number of hydrogen-bond donors (Lipinski definition) is 1. The van der Waals surface area contributed by atoms with Crippen molar-refractivity contribution in [1.82, 2.24) is 15.1 Å². The van der Waals surface area contributed by atoms with Crippen LogP contribution in [-0.4, -0.2) is 90.3 Å². The van der Waals surface area contributed by atoms with Gasteiger partial charge in [-0.25, -0.2) is 6.57 Å². The average Bonchev–Trinajstić information content (AvgIpc) is 3.56. The number of nitrogens with zero attached hydrogens (tertiary/aromatic N) is 3. The summed E-state index contributed by atoms with van der Waals surface area (Å²) in [4.78, 5) is 74.7. The van der Waals surface area contributed by atoms with Crippen molar-refractivity contribution in [3.05, 3.63) is 82.0 Å². The molecule has 14 nitrogen and oxygen atoms in total. The van der Waals surface area contributed by atoms with Crippen LogP contribution in [0.5, 0.6) is 0 Å². The molecule has 0 unspecified atom stereocenters. The van der Waals surface area contributed by atoms with E-state index in [4.69, 9.17) is 25.1 Å². The maximum atomic E-state index is 16.4. The van der Waals surface area contributed by atoms with E-state index in [-0.39, 0.29) is 46.5 Å². The van der Waals surface area contributed by atoms with Crippen LogP contribution < -0.4 is 5.32 Å². The van der Waals surface area contributed by atoms with Gasteiger partial charge in [0.25, 0.3) is 5.91 Å². The highest BCUT2D eigenvalue weighted by Crippen LogP contribution is 2.67. The van der Waals surface area contributed by atoms with Crippen LogP contribution in [0.15, 0.2) is 54.6 Å². The molecule has 2 aromatic carbocycles. The van der Waals surface area contributed by atoms with Crippen molar-refractivity contribution >= 4 is 58.7 Å². The highest BCUT2D eigenvalue weighted by atomic mass is 32.1. The van der Waals surface area contributed by atoms with Gasteiger partial charge in [-0.1, -0.05) is 36.4 Å². The number of carbonyl (C=O) groups is 5. The second-order valence-corrected chi connectivity index (χ2v) is 22.1. The molecule has 338 valence electrons. The van der Waals surface area contributed by atoms with Crippen LogP contribution >= 0.6 is 18.9 Å². The first-order valence-electron chi connectivity index (χ1n) is 21.1. The van der Waals surface area contributed by atoms with Gasteiger partial charge in [-0.3, -0.25) is 37.6 Å². The number of benzene rings is 2. The molecule has 1 aromatic heterocycles. The van der Waals surface area contributed by atoms with Crippen molar-refractivity contribution in [2.45, 2.75) is 109 Å². The maximum absolute atomic E-state index is 16.4. The SMILES string of the molecule is [C-]#[N+][C@H]1CN(C(=O)[C@@H]2CC[C@@H]3C[C@H]4C[C@H]4C[C@H](NC(=O)c4cc5cc(C(F)(F)P(=O)(OCOC(=O)C(C)(C)C)OCOC(=O)C(C)(C)C)ccc5s4)C(=O)N32)C[C@@H]1c1ccccc1. The fourth-order valence-corrected chi connectivity index (χ4v) is 10.8. The van der Waals surface area contributed by atoms with Crippen LogP contribution in [0.25, 0.3) is 14.9 Å². The number of carbonyl (C=O) groups excluding carboxylic acids is 5. The number of esters is 2. The summed E-state index contributed by atoms with van der Waals surface area (Å²) >= 11 is 1.01. The third-order valence-electron chi connectivity index (χ3n) is 12.3. The van der Waals surface area contributed by atoms with Gasteiger partial charge < -0.3 is 29.4 Å². The summed E-state index contributed by atoms with van der Waals surface area (Å²) in [5.74, 6) is -2.29. The van der Waals surface area contributed by atoms with E-state index in [0.717, 1.165) is 41.9 Å². The zero-order valence-corrected chi connectivity index (χ0v) is 37.8. The summed E-state index contributed by atoms with van der Waals surface area (Å²) in [7, 11) is -5.59. The number of ether oxygens (including phenoxy) is 2. The Hall–Kier alpha value is -4.75. The normalized spacial score (nSPS) is 25.1. The number of rotatable bonds is 12. The molecule has 4 heterocycles. The number of nitrogens with one attached hydrogen (secondary N) is 1. The Balaban J connectivity index is 1.08. The molecule has 0 bridgehead atoms. The molecule has 0 spiro atoms. The van der Waals surface area contributed by atoms with E-state index in [0.29, 0.717) is 36.4 Å². The van der Waals surface area contributed by atoms with Crippen LogP contribution in [0, 0.1) is 29.2 Å². The zero-order valence-electron chi connectivity index (χ0n) is 36.1. The van der Waals surface area contributed by atoms with Gasteiger partial charge in [0.1, 0.15) is 12.1 Å². The number of amides is 3. The Morgan fingerprint density at radius 1 is 0.873 bits per heavy atom. The van der Waals surface area contributed by atoms with Crippen LogP contribution in [0.3, 0.4) is 0 Å². The van der Waals surface area contributed by atoms with Crippen molar-refractivity contribution in [3.63, 3.8) is 0 Å². The van der Waals surface area contributed by atoms with Crippen molar-refractivity contribution < 1.29 is 55.8 Å². The predicted octanol–water partition coefficient (Wildman–Crippen LogP) is 8.07. The van der Waals surface area contributed by atoms with Crippen LogP contribution in [0.4, 0.5) is 8.78 Å². The van der Waals surface area contributed by atoms with E-state index in [1.165, 1.54) is 53.7 Å². The lowest BCUT2D eigenvalue weighted by Crippen LogP contribution is -2.57. The second-order valence-electron chi connectivity index (χ2n) is 19.0. The quantitative estimate of drug-likeness (QED) is 0.0814. The maximum Gasteiger partial charge on any atom is 0.410 e. The smallest absolute Gasteiger partial charge is 0.410 e. The minimum absolute atomic E-state index is 0.131. The molecule has 3 aromatic rings. The van der Waals surface area contributed by atoms with Crippen molar-refractivity contribution in [1.29, 1.82) is 0 Å². The number of hydrogen-bond acceptors (Lipinski definition) is 11. The summed E-state index contributed by atoms with van der Waals surface area (Å²) in [6.45, 7) is 15.4. The summed E-state index contributed by atoms with van der Waals surface area (Å²) < 4.78 is 66.9. The molecular formula is C45H53F2N4O10PS. The number of fused-ring (bicyclic) bond motifs is 3. The summed E-state index contributed by atoms with van der Waals surface area (Å²) in [6.07, 6.45) is 3.24. The molecule has 0 radical (unpaired) electrons. The summed E-state index contributed by atoms with van der Waals surface area (Å²) in [6, 6.07) is 12.2. The molecule has 1 N–H and O–H groups in total. The van der Waals surface area contributed by atoms with Crippen LogP contribution in [-0.2, 0) is 47.9 Å². The molecule has 18 heteroatoms. The average molecular weight is 911 g/mol. The van der Waals surface area contributed by atoms with Crippen molar-refractivity contribution in [2.75, 3.05) is 26.7 Å². The molecule has 63 heavy (non-hydrogen) atoms. The first kappa shape index (κ1) is 46.2. The van der Waals surface area contributed by atoms with E-state index < -0.39 is 79.2 Å². The number of thiophene rings is 1. The molecule has 7 atom stereocenters. The second kappa shape index (κ2) is 17.7. The first-order valence-corrected chi connectivity index (χ1v) is 23.5. The molecule has 3 amide bonds. The van der Waals surface area contributed by atoms with Gasteiger partial charge in [-0.15, -0.1) is 11.3 Å². The Morgan fingerprint density at radius 3 is 2.13 bits per heavy atom. The van der Waals surface area contributed by atoms with E-state index in [9.17, 15) is 28.5 Å².